The Morgan fingerprint density at radius 3 is 2.67 bits per heavy atom. The average Bonchev–Trinajstić information content (AvgIpc) is 3.27. The van der Waals surface area contributed by atoms with E-state index in [0.717, 1.165) is 5.56 Å². The summed E-state index contributed by atoms with van der Waals surface area (Å²) >= 11 is 0. The highest BCUT2D eigenvalue weighted by Crippen LogP contribution is 2.35. The van der Waals surface area contributed by atoms with Crippen LogP contribution < -0.4 is 5.32 Å². The van der Waals surface area contributed by atoms with Crippen LogP contribution in [-0.4, -0.2) is 62.2 Å². The minimum atomic E-state index is -3.66. The lowest BCUT2D eigenvalue weighted by Crippen LogP contribution is -2.32. The van der Waals surface area contributed by atoms with Gasteiger partial charge in [0.05, 0.1) is 12.9 Å². The second-order valence-corrected chi connectivity index (χ2v) is 8.70. The van der Waals surface area contributed by atoms with Crippen LogP contribution in [0.3, 0.4) is 0 Å². The summed E-state index contributed by atoms with van der Waals surface area (Å²) in [4.78, 5) is 4.00. The van der Waals surface area contributed by atoms with Crippen molar-refractivity contribution in [3.05, 3.63) is 48.2 Å². The number of methoxy groups -OCH3 is 1. The molecule has 1 aliphatic rings. The molecule has 9 heteroatoms. The van der Waals surface area contributed by atoms with Gasteiger partial charge >= 0.3 is 0 Å². The van der Waals surface area contributed by atoms with Crippen LogP contribution in [-0.2, 0) is 21.8 Å². The summed E-state index contributed by atoms with van der Waals surface area (Å²) in [5.41, 5.74) is 0.939. The van der Waals surface area contributed by atoms with Crippen molar-refractivity contribution in [2.24, 2.45) is 13.0 Å². The van der Waals surface area contributed by atoms with E-state index in [1.807, 2.05) is 0 Å². The quantitative estimate of drug-likeness (QED) is 0.679. The lowest BCUT2D eigenvalue weighted by molar-refractivity contribution is 0.197. The van der Waals surface area contributed by atoms with Gasteiger partial charge in [0.1, 0.15) is 5.82 Å². The Hall–Kier alpha value is -1.81. The number of aryl methyl sites for hydroxylation is 1. The molecule has 1 fully saturated rings. The Morgan fingerprint density at radius 1 is 1.30 bits per heavy atom. The van der Waals surface area contributed by atoms with Crippen LogP contribution in [0.5, 0.6) is 0 Å². The fourth-order valence-corrected chi connectivity index (χ4v) is 4.93. The third-order valence-corrected chi connectivity index (χ3v) is 6.60. The second kappa shape index (κ2) is 8.47. The topological polar surface area (TPSA) is 76.5 Å². The maximum absolute atomic E-state index is 13.3. The highest BCUT2D eigenvalue weighted by atomic mass is 32.2. The molecule has 0 bridgehead atoms. The van der Waals surface area contributed by atoms with Gasteiger partial charge in [-0.1, -0.05) is 12.1 Å². The van der Waals surface area contributed by atoms with Crippen LogP contribution in [0.15, 0.2) is 41.8 Å². The third kappa shape index (κ3) is 4.55. The lowest BCUT2D eigenvalue weighted by atomic mass is 9.89. The number of halogens is 1. The minimum Gasteiger partial charge on any atom is -0.383 e. The van der Waals surface area contributed by atoms with Crippen molar-refractivity contribution in [1.29, 1.82) is 0 Å². The van der Waals surface area contributed by atoms with E-state index in [2.05, 4.69) is 10.3 Å². The number of hydrogen-bond acceptors (Lipinski definition) is 5. The highest BCUT2D eigenvalue weighted by Gasteiger charge is 2.40. The van der Waals surface area contributed by atoms with Crippen LogP contribution in [0.4, 0.5) is 4.39 Å². The third-order valence-electron chi connectivity index (χ3n) is 4.88. The van der Waals surface area contributed by atoms with Gasteiger partial charge < -0.3 is 14.6 Å². The standard InChI is InChI=1S/C18H25FN4O3S/c1-22-12-18(21-13-22)27(24,25)23-10-15(9-20-7-8-26-2)17(11-23)14-3-5-16(19)6-4-14/h3-6,12-13,15,17,20H,7-11H2,1-2H3/t15-,17+/m0/s1. The largest absolute Gasteiger partial charge is 0.383 e. The molecule has 0 aliphatic carbocycles. The van der Waals surface area contributed by atoms with E-state index in [4.69, 9.17) is 4.74 Å². The summed E-state index contributed by atoms with van der Waals surface area (Å²) in [6.07, 6.45) is 2.98. The van der Waals surface area contributed by atoms with Gasteiger partial charge in [-0.05, 0) is 30.2 Å². The van der Waals surface area contributed by atoms with Crippen molar-refractivity contribution in [2.45, 2.75) is 10.9 Å². The van der Waals surface area contributed by atoms with Crippen molar-refractivity contribution < 1.29 is 17.5 Å². The number of aromatic nitrogens is 2. The van der Waals surface area contributed by atoms with Gasteiger partial charge in [0.2, 0.25) is 0 Å². The Bertz CT molecular complexity index is 854. The van der Waals surface area contributed by atoms with E-state index in [9.17, 15) is 12.8 Å². The summed E-state index contributed by atoms with van der Waals surface area (Å²) in [7, 11) is -0.286. The van der Waals surface area contributed by atoms with E-state index in [1.165, 1.54) is 29.0 Å². The normalized spacial score (nSPS) is 21.0. The predicted octanol–water partition coefficient (Wildman–Crippen LogP) is 1.20. The van der Waals surface area contributed by atoms with Crippen molar-refractivity contribution in [1.82, 2.24) is 19.2 Å². The zero-order chi connectivity index (χ0) is 19.4. The molecule has 27 heavy (non-hydrogen) atoms. The zero-order valence-corrected chi connectivity index (χ0v) is 16.3. The second-order valence-electron chi connectivity index (χ2n) is 6.81. The molecule has 1 N–H and O–H groups in total. The van der Waals surface area contributed by atoms with Crippen molar-refractivity contribution >= 4 is 10.0 Å². The number of nitrogens with zero attached hydrogens (tertiary/aromatic N) is 3. The summed E-state index contributed by atoms with van der Waals surface area (Å²) in [6, 6.07) is 6.30. The number of benzene rings is 1. The van der Waals surface area contributed by atoms with Crippen LogP contribution in [0.1, 0.15) is 11.5 Å². The summed E-state index contributed by atoms with van der Waals surface area (Å²) in [6.45, 7) is 2.67. The molecule has 1 aromatic carbocycles. The first-order valence-corrected chi connectivity index (χ1v) is 10.3. The Labute approximate surface area is 159 Å². The fraction of sp³-hybridized carbons (Fsp3) is 0.500. The molecule has 0 spiro atoms. The molecule has 0 radical (unpaired) electrons. The van der Waals surface area contributed by atoms with E-state index < -0.39 is 10.0 Å². The van der Waals surface area contributed by atoms with Gasteiger partial charge in [-0.15, -0.1) is 0 Å². The van der Waals surface area contributed by atoms with Gasteiger partial charge in [-0.2, -0.15) is 4.31 Å². The van der Waals surface area contributed by atoms with E-state index in [-0.39, 0.29) is 22.7 Å². The highest BCUT2D eigenvalue weighted by molar-refractivity contribution is 7.89. The average molecular weight is 396 g/mol. The maximum Gasteiger partial charge on any atom is 0.262 e. The van der Waals surface area contributed by atoms with E-state index in [1.54, 1.807) is 30.9 Å². The summed E-state index contributed by atoms with van der Waals surface area (Å²) in [5, 5.41) is 3.37. The van der Waals surface area contributed by atoms with Crippen molar-refractivity contribution in [2.75, 3.05) is 39.9 Å². The van der Waals surface area contributed by atoms with Crippen LogP contribution >= 0.6 is 0 Å². The Kier molecular flexibility index (Phi) is 6.25. The number of imidazole rings is 1. The first-order chi connectivity index (χ1) is 12.9. The number of rotatable bonds is 8. The molecule has 7 nitrogen and oxygen atoms in total. The summed E-state index contributed by atoms with van der Waals surface area (Å²) in [5.74, 6) is -0.241. The molecule has 1 aliphatic heterocycles. The molecular formula is C18H25FN4O3S. The van der Waals surface area contributed by atoms with Gasteiger partial charge in [-0.3, -0.25) is 0 Å². The SMILES string of the molecule is COCCNC[C@H]1CN(S(=O)(=O)c2cn(C)cn2)C[C@@H]1c1ccc(F)cc1. The molecule has 2 heterocycles. The molecule has 0 amide bonds. The van der Waals surface area contributed by atoms with Crippen LogP contribution in [0, 0.1) is 11.7 Å². The maximum atomic E-state index is 13.3. The smallest absolute Gasteiger partial charge is 0.262 e. The molecule has 2 atom stereocenters. The van der Waals surface area contributed by atoms with Crippen molar-refractivity contribution in [3.8, 4) is 0 Å². The molecule has 0 unspecified atom stereocenters. The molecule has 2 aromatic rings. The molecular weight excluding hydrogens is 371 g/mol. The lowest BCUT2D eigenvalue weighted by Gasteiger charge is -2.19. The number of sulfonamides is 1. The predicted molar refractivity (Wildman–Crippen MR) is 99.3 cm³/mol. The molecule has 1 aromatic heterocycles. The Morgan fingerprint density at radius 2 is 2.04 bits per heavy atom. The van der Waals surface area contributed by atoms with E-state index in [0.29, 0.717) is 32.8 Å². The van der Waals surface area contributed by atoms with Gasteiger partial charge in [-0.25, -0.2) is 17.8 Å². The zero-order valence-electron chi connectivity index (χ0n) is 15.5. The first kappa shape index (κ1) is 19.9. The van der Waals surface area contributed by atoms with Gasteiger partial charge in [0.15, 0.2) is 5.03 Å². The van der Waals surface area contributed by atoms with Crippen LogP contribution in [0.25, 0.3) is 0 Å². The van der Waals surface area contributed by atoms with E-state index >= 15 is 0 Å². The molecule has 0 saturated carbocycles. The monoisotopic (exact) mass is 396 g/mol. The first-order valence-electron chi connectivity index (χ1n) is 8.85. The summed E-state index contributed by atoms with van der Waals surface area (Å²) < 4.78 is 47.3. The van der Waals surface area contributed by atoms with Crippen LogP contribution in [0.2, 0.25) is 0 Å². The molecule has 3 rings (SSSR count). The number of ether oxygens (including phenoxy) is 1. The molecule has 148 valence electrons. The fourth-order valence-electron chi connectivity index (χ4n) is 3.44. The Balaban J connectivity index is 1.80. The number of hydrogen-bond donors (Lipinski definition) is 1. The van der Waals surface area contributed by atoms with Gasteiger partial charge in [0.25, 0.3) is 10.0 Å². The van der Waals surface area contributed by atoms with Crippen molar-refractivity contribution in [3.63, 3.8) is 0 Å². The molecule has 1 saturated heterocycles. The van der Waals surface area contributed by atoms with Gasteiger partial charge in [0, 0.05) is 45.9 Å². The number of nitrogens with one attached hydrogen (secondary N) is 1. The minimum absolute atomic E-state index is 0.0147.